The number of carboxylic acid groups (broad SMARTS) is 2. The molecule has 0 rings (SSSR count). The summed E-state index contributed by atoms with van der Waals surface area (Å²) in [7, 11) is 0. The molecule has 0 bridgehead atoms. The van der Waals surface area contributed by atoms with Crippen LogP contribution in [0.5, 0.6) is 0 Å². The number of rotatable bonds is 7. The third-order valence-electron chi connectivity index (χ3n) is 2.88. The van der Waals surface area contributed by atoms with Crippen LogP contribution >= 0.6 is 0 Å². The summed E-state index contributed by atoms with van der Waals surface area (Å²) >= 11 is 0. The maximum Gasteiger partial charge on any atom is 0.303 e. The summed E-state index contributed by atoms with van der Waals surface area (Å²) in [5.74, 6) is -1.37. The molecular formula is C17H34O4. The van der Waals surface area contributed by atoms with Crippen molar-refractivity contribution in [3.05, 3.63) is 0 Å². The van der Waals surface area contributed by atoms with E-state index in [0.717, 1.165) is 32.1 Å². The van der Waals surface area contributed by atoms with E-state index in [2.05, 4.69) is 41.5 Å². The van der Waals surface area contributed by atoms with Crippen LogP contribution < -0.4 is 0 Å². The van der Waals surface area contributed by atoms with Crippen molar-refractivity contribution < 1.29 is 19.8 Å². The van der Waals surface area contributed by atoms with Gasteiger partial charge in [-0.3, -0.25) is 9.59 Å². The second kappa shape index (κ2) is 10.6. The van der Waals surface area contributed by atoms with Crippen LogP contribution in [0.1, 0.15) is 86.5 Å². The van der Waals surface area contributed by atoms with Gasteiger partial charge >= 0.3 is 11.9 Å². The van der Waals surface area contributed by atoms with Gasteiger partial charge < -0.3 is 10.2 Å². The summed E-state index contributed by atoms with van der Waals surface area (Å²) in [6.07, 6.45) is 5.34. The van der Waals surface area contributed by atoms with Crippen molar-refractivity contribution in [2.45, 2.75) is 86.5 Å². The molecule has 0 spiro atoms. The van der Waals surface area contributed by atoms with Crippen LogP contribution in [0.3, 0.4) is 0 Å². The smallest absolute Gasteiger partial charge is 0.303 e. The normalized spacial score (nSPS) is 11.5. The molecule has 4 nitrogen and oxygen atoms in total. The zero-order valence-electron chi connectivity index (χ0n) is 14.7. The SMILES string of the molecule is CC(C)(C)CCCC(=O)O.CC(C)(C)CCCCC(=O)O. The molecule has 0 aromatic rings. The number of hydrogen-bond donors (Lipinski definition) is 2. The average Bonchev–Trinajstić information content (AvgIpc) is 2.21. The van der Waals surface area contributed by atoms with Crippen LogP contribution in [0.15, 0.2) is 0 Å². The topological polar surface area (TPSA) is 74.6 Å². The summed E-state index contributed by atoms with van der Waals surface area (Å²) in [4.78, 5) is 20.2. The average molecular weight is 302 g/mol. The lowest BCUT2D eigenvalue weighted by Crippen LogP contribution is -2.05. The molecule has 21 heavy (non-hydrogen) atoms. The molecule has 0 aliphatic carbocycles. The highest BCUT2D eigenvalue weighted by atomic mass is 16.4. The molecule has 0 amide bonds. The lowest BCUT2D eigenvalue weighted by Gasteiger charge is -2.16. The van der Waals surface area contributed by atoms with Gasteiger partial charge in [-0.15, -0.1) is 0 Å². The summed E-state index contributed by atoms with van der Waals surface area (Å²) in [6, 6.07) is 0. The standard InChI is InChI=1S/C9H18O2.C8H16O2/c1-9(2,3)7-5-4-6-8(10)11;1-8(2,3)6-4-5-7(9)10/h4-7H2,1-3H3,(H,10,11);4-6H2,1-3H3,(H,9,10). The van der Waals surface area contributed by atoms with Crippen molar-refractivity contribution in [2.24, 2.45) is 10.8 Å². The van der Waals surface area contributed by atoms with E-state index in [1.165, 1.54) is 0 Å². The summed E-state index contributed by atoms with van der Waals surface area (Å²) in [5, 5.41) is 16.7. The molecular weight excluding hydrogens is 268 g/mol. The summed E-state index contributed by atoms with van der Waals surface area (Å²) < 4.78 is 0. The zero-order chi connectivity index (χ0) is 17.1. The Morgan fingerprint density at radius 2 is 1.00 bits per heavy atom. The minimum atomic E-state index is -0.691. The van der Waals surface area contributed by atoms with Gasteiger partial charge in [0, 0.05) is 12.8 Å². The van der Waals surface area contributed by atoms with Crippen molar-refractivity contribution in [3.63, 3.8) is 0 Å². The predicted molar refractivity (Wildman–Crippen MR) is 86.5 cm³/mol. The van der Waals surface area contributed by atoms with E-state index in [9.17, 15) is 9.59 Å². The predicted octanol–water partition coefficient (Wildman–Crippen LogP) is 4.96. The van der Waals surface area contributed by atoms with Gasteiger partial charge in [0.05, 0.1) is 0 Å². The maximum absolute atomic E-state index is 10.1. The number of carboxylic acids is 2. The molecule has 4 heteroatoms. The Morgan fingerprint density at radius 1 is 0.667 bits per heavy atom. The Kier molecular flexibility index (Phi) is 11.3. The fourth-order valence-corrected chi connectivity index (χ4v) is 1.70. The van der Waals surface area contributed by atoms with Crippen LogP contribution in [0, 0.1) is 10.8 Å². The lowest BCUT2D eigenvalue weighted by atomic mass is 9.89. The third kappa shape index (κ3) is 28.0. The van der Waals surface area contributed by atoms with Gasteiger partial charge in [-0.2, -0.15) is 0 Å². The van der Waals surface area contributed by atoms with E-state index in [1.807, 2.05) is 0 Å². The zero-order valence-corrected chi connectivity index (χ0v) is 14.7. The molecule has 0 saturated heterocycles. The van der Waals surface area contributed by atoms with Crippen molar-refractivity contribution >= 4 is 11.9 Å². The summed E-state index contributed by atoms with van der Waals surface area (Å²) in [6.45, 7) is 12.9. The first-order valence-corrected chi connectivity index (χ1v) is 7.77. The van der Waals surface area contributed by atoms with Crippen LogP contribution in [-0.4, -0.2) is 22.2 Å². The van der Waals surface area contributed by atoms with Gasteiger partial charge in [0.1, 0.15) is 0 Å². The second-order valence-corrected chi connectivity index (χ2v) is 7.97. The third-order valence-corrected chi connectivity index (χ3v) is 2.88. The van der Waals surface area contributed by atoms with Crippen LogP contribution in [0.25, 0.3) is 0 Å². The molecule has 0 aromatic heterocycles. The fourth-order valence-electron chi connectivity index (χ4n) is 1.70. The molecule has 0 saturated carbocycles. The molecule has 0 unspecified atom stereocenters. The second-order valence-electron chi connectivity index (χ2n) is 7.97. The summed E-state index contributed by atoms with van der Waals surface area (Å²) in [5.41, 5.74) is 0.619. The highest BCUT2D eigenvalue weighted by Crippen LogP contribution is 2.22. The maximum atomic E-state index is 10.1. The van der Waals surface area contributed by atoms with Gasteiger partial charge in [-0.25, -0.2) is 0 Å². The first-order chi connectivity index (χ1) is 9.33. The Labute approximate surface area is 129 Å². The number of carbonyl (C=O) groups is 2. The quantitative estimate of drug-likeness (QED) is 0.651. The number of hydrogen-bond acceptors (Lipinski definition) is 2. The molecule has 0 aromatic carbocycles. The van der Waals surface area contributed by atoms with Gasteiger partial charge in [0.25, 0.3) is 0 Å². The minimum absolute atomic E-state index is 0.273. The van der Waals surface area contributed by atoms with E-state index < -0.39 is 11.9 Å². The highest BCUT2D eigenvalue weighted by Gasteiger charge is 2.10. The number of unbranched alkanes of at least 4 members (excludes halogenated alkanes) is 1. The van der Waals surface area contributed by atoms with Crippen molar-refractivity contribution in [1.82, 2.24) is 0 Å². The number of aliphatic carboxylic acids is 2. The van der Waals surface area contributed by atoms with Gasteiger partial charge in [-0.1, -0.05) is 48.0 Å². The first kappa shape index (κ1) is 22.2. The van der Waals surface area contributed by atoms with Gasteiger partial charge in [0.15, 0.2) is 0 Å². The molecule has 0 radical (unpaired) electrons. The Morgan fingerprint density at radius 3 is 1.33 bits per heavy atom. The van der Waals surface area contributed by atoms with E-state index in [-0.39, 0.29) is 5.41 Å². The van der Waals surface area contributed by atoms with Crippen LogP contribution in [-0.2, 0) is 9.59 Å². The van der Waals surface area contributed by atoms with Crippen LogP contribution in [0.2, 0.25) is 0 Å². The largest absolute Gasteiger partial charge is 0.481 e. The van der Waals surface area contributed by atoms with Crippen molar-refractivity contribution in [3.8, 4) is 0 Å². The van der Waals surface area contributed by atoms with Gasteiger partial charge in [0.2, 0.25) is 0 Å². The molecule has 2 N–H and O–H groups in total. The molecule has 0 fully saturated rings. The molecule has 0 heterocycles. The fraction of sp³-hybridized carbons (Fsp3) is 0.882. The minimum Gasteiger partial charge on any atom is -0.481 e. The van der Waals surface area contributed by atoms with Crippen molar-refractivity contribution in [2.75, 3.05) is 0 Å². The Balaban J connectivity index is 0. The van der Waals surface area contributed by atoms with Crippen molar-refractivity contribution in [1.29, 1.82) is 0 Å². The van der Waals surface area contributed by atoms with E-state index in [1.54, 1.807) is 0 Å². The molecule has 0 aliphatic heterocycles. The Bertz CT molecular complexity index is 295. The first-order valence-electron chi connectivity index (χ1n) is 7.77. The van der Waals surface area contributed by atoms with Gasteiger partial charge in [-0.05, 0) is 36.5 Å². The molecule has 0 aliphatic rings. The van der Waals surface area contributed by atoms with E-state index in [0.29, 0.717) is 18.3 Å². The monoisotopic (exact) mass is 302 g/mol. The highest BCUT2D eigenvalue weighted by molar-refractivity contribution is 5.66. The van der Waals surface area contributed by atoms with E-state index >= 15 is 0 Å². The molecule has 126 valence electrons. The lowest BCUT2D eigenvalue weighted by molar-refractivity contribution is -0.138. The van der Waals surface area contributed by atoms with Crippen LogP contribution in [0.4, 0.5) is 0 Å². The van der Waals surface area contributed by atoms with E-state index in [4.69, 9.17) is 10.2 Å². The Hall–Kier alpha value is -1.06. The molecule has 0 atom stereocenters.